The second-order valence-corrected chi connectivity index (χ2v) is 6.88. The van der Waals surface area contributed by atoms with Gasteiger partial charge < -0.3 is 20.1 Å². The van der Waals surface area contributed by atoms with E-state index < -0.39 is 0 Å². The summed E-state index contributed by atoms with van der Waals surface area (Å²) in [6.45, 7) is 0.761. The number of hydrogen-bond donors (Lipinski definition) is 2. The van der Waals surface area contributed by atoms with Crippen LogP contribution in [0.3, 0.4) is 0 Å². The molecular formula is C21H28N4O3. The predicted octanol–water partition coefficient (Wildman–Crippen LogP) is 3.43. The molecule has 2 aromatic rings. The van der Waals surface area contributed by atoms with Crippen LogP contribution in [0.15, 0.2) is 36.5 Å². The first-order chi connectivity index (χ1) is 13.7. The van der Waals surface area contributed by atoms with Crippen molar-refractivity contribution in [2.24, 2.45) is 0 Å². The number of benzene rings is 1. The number of aromatic nitrogens is 2. The molecule has 1 heterocycles. The van der Waals surface area contributed by atoms with Crippen molar-refractivity contribution < 1.29 is 14.3 Å². The molecule has 3 rings (SSSR count). The van der Waals surface area contributed by atoms with E-state index in [9.17, 15) is 4.79 Å². The Bertz CT molecular complexity index is 744. The molecule has 150 valence electrons. The Morgan fingerprint density at radius 2 is 1.79 bits per heavy atom. The topological polar surface area (TPSA) is 85.4 Å². The van der Waals surface area contributed by atoms with Crippen molar-refractivity contribution in [1.82, 2.24) is 15.3 Å². The predicted molar refractivity (Wildman–Crippen MR) is 108 cm³/mol. The Morgan fingerprint density at radius 3 is 2.50 bits per heavy atom. The zero-order valence-corrected chi connectivity index (χ0v) is 16.3. The van der Waals surface area contributed by atoms with Crippen molar-refractivity contribution in [2.75, 3.05) is 25.6 Å². The van der Waals surface area contributed by atoms with E-state index in [1.807, 2.05) is 24.3 Å². The maximum atomic E-state index is 12.3. The van der Waals surface area contributed by atoms with Crippen LogP contribution in [0.2, 0.25) is 0 Å². The van der Waals surface area contributed by atoms with Gasteiger partial charge in [0.2, 0.25) is 5.95 Å². The molecule has 1 aliphatic carbocycles. The molecule has 28 heavy (non-hydrogen) atoms. The smallest absolute Gasteiger partial charge is 0.270 e. The molecule has 0 bridgehead atoms. The van der Waals surface area contributed by atoms with E-state index in [0.29, 0.717) is 30.8 Å². The van der Waals surface area contributed by atoms with Crippen LogP contribution in [0, 0.1) is 0 Å². The number of carbonyl (C=O) groups is 1. The molecule has 1 amide bonds. The molecule has 0 atom stereocenters. The van der Waals surface area contributed by atoms with Crippen molar-refractivity contribution in [1.29, 1.82) is 0 Å². The van der Waals surface area contributed by atoms with E-state index in [0.717, 1.165) is 24.3 Å². The third-order valence-electron chi connectivity index (χ3n) is 4.79. The molecule has 2 N–H and O–H groups in total. The van der Waals surface area contributed by atoms with Gasteiger partial charge in [0.05, 0.1) is 13.7 Å². The molecule has 0 spiro atoms. The van der Waals surface area contributed by atoms with Crippen molar-refractivity contribution >= 4 is 11.9 Å². The lowest BCUT2D eigenvalue weighted by Gasteiger charge is -2.16. The van der Waals surface area contributed by atoms with Crippen LogP contribution in [-0.2, 0) is 0 Å². The van der Waals surface area contributed by atoms with Gasteiger partial charge in [0.25, 0.3) is 5.91 Å². The van der Waals surface area contributed by atoms with Crippen molar-refractivity contribution in [3.05, 3.63) is 42.2 Å². The highest BCUT2D eigenvalue weighted by molar-refractivity contribution is 5.92. The van der Waals surface area contributed by atoms with Gasteiger partial charge in [-0.05, 0) is 43.2 Å². The summed E-state index contributed by atoms with van der Waals surface area (Å²) < 4.78 is 10.7. The second kappa shape index (κ2) is 10.5. The fourth-order valence-corrected chi connectivity index (χ4v) is 3.26. The minimum atomic E-state index is -0.232. The number of rotatable bonds is 8. The van der Waals surface area contributed by atoms with Crippen LogP contribution >= 0.6 is 0 Å². The Kier molecular flexibility index (Phi) is 7.46. The van der Waals surface area contributed by atoms with E-state index in [1.54, 1.807) is 19.4 Å². The van der Waals surface area contributed by atoms with Gasteiger partial charge in [0.1, 0.15) is 23.8 Å². The molecule has 0 unspecified atom stereocenters. The van der Waals surface area contributed by atoms with Gasteiger partial charge in [-0.1, -0.05) is 25.7 Å². The van der Waals surface area contributed by atoms with Crippen LogP contribution in [0.25, 0.3) is 0 Å². The second-order valence-electron chi connectivity index (χ2n) is 6.88. The zero-order valence-electron chi connectivity index (χ0n) is 16.3. The number of carbonyl (C=O) groups excluding carboxylic acids is 1. The maximum absolute atomic E-state index is 12.3. The summed E-state index contributed by atoms with van der Waals surface area (Å²) in [5.74, 6) is 1.79. The molecular weight excluding hydrogens is 356 g/mol. The maximum Gasteiger partial charge on any atom is 0.270 e. The molecule has 1 aromatic carbocycles. The van der Waals surface area contributed by atoms with Gasteiger partial charge in [-0.15, -0.1) is 0 Å². The Balaban J connectivity index is 1.44. The molecule has 1 aromatic heterocycles. The summed E-state index contributed by atoms with van der Waals surface area (Å²) in [5.41, 5.74) is 0.357. The van der Waals surface area contributed by atoms with Gasteiger partial charge in [-0.3, -0.25) is 4.79 Å². The van der Waals surface area contributed by atoms with Crippen LogP contribution < -0.4 is 20.1 Å². The lowest BCUT2D eigenvalue weighted by Crippen LogP contribution is -2.29. The van der Waals surface area contributed by atoms with Crippen LogP contribution in [-0.4, -0.2) is 42.2 Å². The minimum Gasteiger partial charge on any atom is -0.497 e. The number of nitrogens with zero attached hydrogens (tertiary/aromatic N) is 2. The van der Waals surface area contributed by atoms with Crippen LogP contribution in [0.1, 0.15) is 49.0 Å². The molecule has 0 radical (unpaired) electrons. The average molecular weight is 384 g/mol. The normalized spacial score (nSPS) is 14.8. The quantitative estimate of drug-likeness (QED) is 0.536. The molecule has 0 saturated heterocycles. The highest BCUT2D eigenvalue weighted by Crippen LogP contribution is 2.20. The molecule has 7 heteroatoms. The van der Waals surface area contributed by atoms with E-state index >= 15 is 0 Å². The monoisotopic (exact) mass is 384 g/mol. The first kappa shape index (κ1) is 19.9. The van der Waals surface area contributed by atoms with Crippen molar-refractivity contribution in [3.8, 4) is 11.5 Å². The highest BCUT2D eigenvalue weighted by atomic mass is 16.5. The van der Waals surface area contributed by atoms with Crippen LogP contribution in [0.5, 0.6) is 11.5 Å². The average Bonchev–Trinajstić information content (AvgIpc) is 3.00. The van der Waals surface area contributed by atoms with Crippen LogP contribution in [0.4, 0.5) is 5.95 Å². The zero-order chi connectivity index (χ0) is 19.6. The Morgan fingerprint density at radius 1 is 1.07 bits per heavy atom. The number of hydrogen-bond acceptors (Lipinski definition) is 6. The van der Waals surface area contributed by atoms with E-state index in [2.05, 4.69) is 20.6 Å². The lowest BCUT2D eigenvalue weighted by atomic mass is 10.1. The number of amides is 1. The summed E-state index contributed by atoms with van der Waals surface area (Å²) in [4.78, 5) is 21.0. The van der Waals surface area contributed by atoms with Crippen molar-refractivity contribution in [3.63, 3.8) is 0 Å². The largest absolute Gasteiger partial charge is 0.497 e. The number of anilines is 1. The molecule has 1 aliphatic rings. The van der Waals surface area contributed by atoms with E-state index in [-0.39, 0.29) is 5.91 Å². The lowest BCUT2D eigenvalue weighted by molar-refractivity contribution is 0.0942. The Labute approximate surface area is 165 Å². The number of nitrogens with one attached hydrogen (secondary N) is 2. The van der Waals surface area contributed by atoms with Gasteiger partial charge in [-0.25, -0.2) is 9.97 Å². The van der Waals surface area contributed by atoms with Gasteiger partial charge in [0, 0.05) is 12.2 Å². The summed E-state index contributed by atoms with van der Waals surface area (Å²) in [7, 11) is 1.62. The standard InChI is InChI=1S/C21H28N4O3/c1-27-17-8-10-18(11-9-17)28-15-14-22-20(26)19-12-13-23-21(25-19)24-16-6-4-2-3-5-7-16/h8-13,16H,2-7,14-15H2,1H3,(H,22,26)(H,23,24,25). The fraction of sp³-hybridized carbons (Fsp3) is 0.476. The van der Waals surface area contributed by atoms with Gasteiger partial charge in [-0.2, -0.15) is 0 Å². The number of ether oxygens (including phenoxy) is 2. The molecule has 0 aliphatic heterocycles. The Hall–Kier alpha value is -2.83. The molecule has 7 nitrogen and oxygen atoms in total. The number of methoxy groups -OCH3 is 1. The fourth-order valence-electron chi connectivity index (χ4n) is 3.26. The summed E-state index contributed by atoms with van der Waals surface area (Å²) in [6.07, 6.45) is 8.91. The molecule has 1 fully saturated rings. The summed E-state index contributed by atoms with van der Waals surface area (Å²) in [5, 5.41) is 6.20. The molecule has 1 saturated carbocycles. The van der Waals surface area contributed by atoms with Crippen molar-refractivity contribution in [2.45, 2.75) is 44.6 Å². The highest BCUT2D eigenvalue weighted by Gasteiger charge is 2.14. The van der Waals surface area contributed by atoms with E-state index in [1.165, 1.54) is 25.7 Å². The first-order valence-electron chi connectivity index (χ1n) is 9.89. The summed E-state index contributed by atoms with van der Waals surface area (Å²) >= 11 is 0. The third kappa shape index (κ3) is 6.11. The minimum absolute atomic E-state index is 0.232. The summed E-state index contributed by atoms with van der Waals surface area (Å²) in [6, 6.07) is 9.33. The van der Waals surface area contributed by atoms with Gasteiger partial charge >= 0.3 is 0 Å². The third-order valence-corrected chi connectivity index (χ3v) is 4.79. The SMILES string of the molecule is COc1ccc(OCCNC(=O)c2ccnc(NC3CCCCCC3)n2)cc1. The first-order valence-corrected chi connectivity index (χ1v) is 9.89. The van der Waals surface area contributed by atoms with Gasteiger partial charge in [0.15, 0.2) is 0 Å². The van der Waals surface area contributed by atoms with E-state index in [4.69, 9.17) is 9.47 Å².